The summed E-state index contributed by atoms with van der Waals surface area (Å²) in [6, 6.07) is 0. The lowest BCUT2D eigenvalue weighted by atomic mass is 9.81. The van der Waals surface area contributed by atoms with E-state index in [-0.39, 0.29) is 23.3 Å². The lowest BCUT2D eigenvalue weighted by Gasteiger charge is -2.41. The molecule has 1 aliphatic carbocycles. The molecular formula is C15H25NO4. The molecule has 1 amide bonds. The number of carbonyl (C=O) groups is 2. The van der Waals surface area contributed by atoms with Crippen molar-refractivity contribution in [2.45, 2.75) is 51.0 Å². The van der Waals surface area contributed by atoms with Crippen molar-refractivity contribution in [3.05, 3.63) is 0 Å². The topological polar surface area (TPSA) is 66.8 Å². The fourth-order valence-electron chi connectivity index (χ4n) is 3.41. The molecule has 2 fully saturated rings. The molecule has 5 heteroatoms. The Hall–Kier alpha value is -1.10. The van der Waals surface area contributed by atoms with Gasteiger partial charge < -0.3 is 14.7 Å². The van der Waals surface area contributed by atoms with Crippen molar-refractivity contribution in [3.63, 3.8) is 0 Å². The van der Waals surface area contributed by atoms with Crippen LogP contribution in [0.5, 0.6) is 0 Å². The summed E-state index contributed by atoms with van der Waals surface area (Å²) in [5.41, 5.74) is -0.230. The van der Waals surface area contributed by atoms with E-state index in [1.807, 2.05) is 11.8 Å². The van der Waals surface area contributed by atoms with Gasteiger partial charge in [-0.25, -0.2) is 0 Å². The first-order valence-corrected chi connectivity index (χ1v) is 7.52. The summed E-state index contributed by atoms with van der Waals surface area (Å²) in [5, 5.41) is 9.00. The molecule has 20 heavy (non-hydrogen) atoms. The van der Waals surface area contributed by atoms with Crippen LogP contribution >= 0.6 is 0 Å². The molecule has 2 aliphatic rings. The van der Waals surface area contributed by atoms with Crippen molar-refractivity contribution in [2.24, 2.45) is 11.8 Å². The largest absolute Gasteiger partial charge is 0.481 e. The molecule has 0 radical (unpaired) electrons. The molecular weight excluding hydrogens is 258 g/mol. The highest BCUT2D eigenvalue weighted by Gasteiger charge is 2.37. The first-order chi connectivity index (χ1) is 9.45. The minimum Gasteiger partial charge on any atom is -0.481 e. The Kier molecular flexibility index (Phi) is 4.68. The first-order valence-electron chi connectivity index (χ1n) is 7.52. The van der Waals surface area contributed by atoms with Crippen LogP contribution in [0.2, 0.25) is 0 Å². The number of likely N-dealkylation sites (tertiary alicyclic amines) is 1. The summed E-state index contributed by atoms with van der Waals surface area (Å²) in [5.74, 6) is -0.785. The molecule has 1 saturated carbocycles. The number of carbonyl (C=O) groups excluding carboxylic acids is 1. The lowest BCUT2D eigenvalue weighted by molar-refractivity contribution is -0.148. The molecule has 0 aromatic rings. The van der Waals surface area contributed by atoms with E-state index in [1.165, 1.54) is 0 Å². The average Bonchev–Trinajstić information content (AvgIpc) is 2.46. The van der Waals surface area contributed by atoms with Gasteiger partial charge in [-0.2, -0.15) is 0 Å². The first kappa shape index (κ1) is 15.3. The summed E-state index contributed by atoms with van der Waals surface area (Å²) >= 11 is 0. The van der Waals surface area contributed by atoms with E-state index in [1.54, 1.807) is 7.11 Å². The van der Waals surface area contributed by atoms with E-state index in [2.05, 4.69) is 0 Å². The van der Waals surface area contributed by atoms with Crippen LogP contribution in [0.15, 0.2) is 0 Å². The highest BCUT2D eigenvalue weighted by atomic mass is 16.5. The number of amides is 1. The van der Waals surface area contributed by atoms with Crippen molar-refractivity contribution >= 4 is 11.9 Å². The number of aliphatic carboxylic acids is 1. The SMILES string of the molecule is COC1(C)CCCN(C(=O)C2CCC(C(=O)O)CC2)C1. The predicted octanol–water partition coefficient (Wildman–Crippen LogP) is 1.90. The molecule has 0 bridgehead atoms. The highest BCUT2D eigenvalue weighted by molar-refractivity contribution is 5.79. The van der Waals surface area contributed by atoms with Crippen LogP contribution in [-0.2, 0) is 14.3 Å². The molecule has 0 aromatic heterocycles. The Balaban J connectivity index is 1.90. The van der Waals surface area contributed by atoms with Gasteiger partial charge in [0, 0.05) is 26.1 Å². The fraction of sp³-hybridized carbons (Fsp3) is 0.867. The molecule has 1 saturated heterocycles. The molecule has 114 valence electrons. The quantitative estimate of drug-likeness (QED) is 0.859. The van der Waals surface area contributed by atoms with Gasteiger partial charge in [-0.15, -0.1) is 0 Å². The van der Waals surface area contributed by atoms with Gasteiger partial charge in [0.05, 0.1) is 11.5 Å². The lowest BCUT2D eigenvalue weighted by Crippen LogP contribution is -2.51. The predicted molar refractivity (Wildman–Crippen MR) is 74.3 cm³/mol. The summed E-state index contributed by atoms with van der Waals surface area (Å²) in [7, 11) is 1.70. The van der Waals surface area contributed by atoms with Crippen molar-refractivity contribution in [3.8, 4) is 0 Å². The fourth-order valence-corrected chi connectivity index (χ4v) is 3.41. The summed E-state index contributed by atoms with van der Waals surface area (Å²) in [6.07, 6.45) is 4.62. The molecule has 5 nitrogen and oxygen atoms in total. The van der Waals surface area contributed by atoms with Gasteiger partial charge in [0.15, 0.2) is 0 Å². The number of carboxylic acid groups (broad SMARTS) is 1. The van der Waals surface area contributed by atoms with Crippen LogP contribution in [0.3, 0.4) is 0 Å². The third-order valence-electron chi connectivity index (χ3n) is 4.89. The van der Waals surface area contributed by atoms with Gasteiger partial charge in [-0.3, -0.25) is 9.59 Å². The number of nitrogens with zero attached hydrogens (tertiary/aromatic N) is 1. The van der Waals surface area contributed by atoms with Crippen molar-refractivity contribution < 1.29 is 19.4 Å². The summed E-state index contributed by atoms with van der Waals surface area (Å²) in [6.45, 7) is 3.51. The number of ether oxygens (including phenoxy) is 1. The Labute approximate surface area is 120 Å². The zero-order chi connectivity index (χ0) is 14.8. The van der Waals surface area contributed by atoms with Crippen LogP contribution in [0.4, 0.5) is 0 Å². The minimum atomic E-state index is -0.721. The molecule has 1 unspecified atom stereocenters. The van der Waals surface area contributed by atoms with Gasteiger partial charge in [0.1, 0.15) is 0 Å². The smallest absolute Gasteiger partial charge is 0.306 e. The number of methoxy groups -OCH3 is 1. The van der Waals surface area contributed by atoms with E-state index in [4.69, 9.17) is 9.84 Å². The number of piperidine rings is 1. The highest BCUT2D eigenvalue weighted by Crippen LogP contribution is 2.32. The van der Waals surface area contributed by atoms with Crippen molar-refractivity contribution in [1.29, 1.82) is 0 Å². The van der Waals surface area contributed by atoms with Crippen LogP contribution in [0.1, 0.15) is 45.4 Å². The monoisotopic (exact) mass is 283 g/mol. The van der Waals surface area contributed by atoms with Crippen LogP contribution in [0, 0.1) is 11.8 Å². The van der Waals surface area contributed by atoms with Crippen molar-refractivity contribution in [2.75, 3.05) is 20.2 Å². The third kappa shape index (κ3) is 3.32. The Morgan fingerprint density at radius 1 is 1.20 bits per heavy atom. The van der Waals surface area contributed by atoms with Gasteiger partial charge in [-0.05, 0) is 45.4 Å². The maximum absolute atomic E-state index is 12.6. The maximum atomic E-state index is 12.6. The number of hydrogen-bond acceptors (Lipinski definition) is 3. The molecule has 1 aliphatic heterocycles. The second-order valence-electron chi connectivity index (χ2n) is 6.40. The average molecular weight is 283 g/mol. The zero-order valence-corrected chi connectivity index (χ0v) is 12.4. The normalized spacial score (nSPS) is 34.8. The number of carboxylic acids is 1. The zero-order valence-electron chi connectivity index (χ0n) is 12.4. The number of hydrogen-bond donors (Lipinski definition) is 1. The molecule has 2 rings (SSSR count). The second kappa shape index (κ2) is 6.12. The Morgan fingerprint density at radius 2 is 1.80 bits per heavy atom. The Morgan fingerprint density at radius 3 is 2.35 bits per heavy atom. The van der Waals surface area contributed by atoms with E-state index in [0.717, 1.165) is 19.4 Å². The van der Waals surface area contributed by atoms with Gasteiger partial charge in [0.2, 0.25) is 5.91 Å². The van der Waals surface area contributed by atoms with E-state index in [9.17, 15) is 9.59 Å². The van der Waals surface area contributed by atoms with E-state index < -0.39 is 5.97 Å². The maximum Gasteiger partial charge on any atom is 0.306 e. The Bertz CT molecular complexity index is 376. The summed E-state index contributed by atoms with van der Waals surface area (Å²) in [4.78, 5) is 25.4. The van der Waals surface area contributed by atoms with E-state index in [0.29, 0.717) is 32.2 Å². The van der Waals surface area contributed by atoms with Gasteiger partial charge in [0.25, 0.3) is 0 Å². The standard InChI is InChI=1S/C15H25NO4/c1-15(20-2)8-3-9-16(10-15)13(17)11-4-6-12(7-5-11)14(18)19/h11-12H,3-10H2,1-2H3,(H,18,19). The van der Waals surface area contributed by atoms with Crippen LogP contribution in [-0.4, -0.2) is 47.7 Å². The van der Waals surface area contributed by atoms with Crippen LogP contribution < -0.4 is 0 Å². The molecule has 1 N–H and O–H groups in total. The van der Waals surface area contributed by atoms with Crippen LogP contribution in [0.25, 0.3) is 0 Å². The van der Waals surface area contributed by atoms with Gasteiger partial charge in [-0.1, -0.05) is 0 Å². The molecule has 1 atom stereocenters. The molecule has 1 heterocycles. The minimum absolute atomic E-state index is 0.00445. The number of rotatable bonds is 3. The summed E-state index contributed by atoms with van der Waals surface area (Å²) < 4.78 is 5.52. The second-order valence-corrected chi connectivity index (χ2v) is 6.40. The third-order valence-corrected chi connectivity index (χ3v) is 4.89. The molecule has 0 spiro atoms. The van der Waals surface area contributed by atoms with E-state index >= 15 is 0 Å². The molecule has 0 aromatic carbocycles. The van der Waals surface area contributed by atoms with Crippen molar-refractivity contribution in [1.82, 2.24) is 4.90 Å². The van der Waals surface area contributed by atoms with Gasteiger partial charge >= 0.3 is 5.97 Å².